The molecule has 0 bridgehead atoms. The number of hydrogen-bond donors (Lipinski definition) is 4. The van der Waals surface area contributed by atoms with E-state index in [0.29, 0.717) is 43.2 Å². The third-order valence-electron chi connectivity index (χ3n) is 5.12. The second-order valence-electron chi connectivity index (χ2n) is 9.23. The van der Waals surface area contributed by atoms with Gasteiger partial charge in [0.15, 0.2) is 5.82 Å². The Morgan fingerprint density at radius 2 is 1.81 bits per heavy atom. The average Bonchev–Trinajstić information content (AvgIpc) is 3.48. The van der Waals surface area contributed by atoms with Gasteiger partial charge in [-0.15, -0.1) is 0 Å². The number of carbonyl (C=O) groups excluding carboxylic acids is 2. The first-order valence-corrected chi connectivity index (χ1v) is 11.7. The largest absolute Gasteiger partial charge is 0.487 e. The Morgan fingerprint density at radius 3 is 2.58 bits per heavy atom. The minimum atomic E-state index is -0.546. The van der Waals surface area contributed by atoms with Crippen molar-refractivity contribution in [2.24, 2.45) is 0 Å². The molecule has 0 atom stereocenters. The van der Waals surface area contributed by atoms with E-state index in [0.717, 1.165) is 22.3 Å². The van der Waals surface area contributed by atoms with Crippen LogP contribution in [0.25, 0.3) is 22.4 Å². The summed E-state index contributed by atoms with van der Waals surface area (Å²) < 4.78 is 11.0. The fourth-order valence-corrected chi connectivity index (χ4v) is 3.46. The van der Waals surface area contributed by atoms with Gasteiger partial charge in [-0.2, -0.15) is 5.10 Å². The summed E-state index contributed by atoms with van der Waals surface area (Å²) in [5, 5.41) is 13.7. The van der Waals surface area contributed by atoms with Gasteiger partial charge < -0.3 is 25.1 Å². The molecule has 36 heavy (non-hydrogen) atoms. The number of amides is 2. The SMILES string of the molecule is CC(C)(C)OC(=O)NCCCNC(=O)c1ccc2[nH]nc(-c3ncc(COc4ccccc4)[nH]3)c2c1. The van der Waals surface area contributed by atoms with E-state index in [1.807, 2.05) is 36.4 Å². The second kappa shape index (κ2) is 10.9. The highest BCUT2D eigenvalue weighted by molar-refractivity contribution is 6.00. The number of imidazole rings is 1. The Morgan fingerprint density at radius 1 is 1.03 bits per heavy atom. The van der Waals surface area contributed by atoms with Crippen LogP contribution in [0.1, 0.15) is 43.2 Å². The lowest BCUT2D eigenvalue weighted by Crippen LogP contribution is -2.34. The molecule has 2 aromatic carbocycles. The Bertz CT molecular complexity index is 1320. The number of fused-ring (bicyclic) bond motifs is 1. The first kappa shape index (κ1) is 24.8. The van der Waals surface area contributed by atoms with E-state index in [2.05, 4.69) is 30.8 Å². The Balaban J connectivity index is 1.33. The van der Waals surface area contributed by atoms with E-state index in [9.17, 15) is 9.59 Å². The molecule has 0 aliphatic carbocycles. The molecule has 4 aromatic rings. The van der Waals surface area contributed by atoms with E-state index in [1.54, 1.807) is 39.1 Å². The Kier molecular flexibility index (Phi) is 7.53. The third-order valence-corrected chi connectivity index (χ3v) is 5.12. The molecule has 2 heterocycles. The molecule has 0 aliphatic rings. The van der Waals surface area contributed by atoms with Crippen LogP contribution in [-0.4, -0.2) is 50.9 Å². The van der Waals surface area contributed by atoms with Gasteiger partial charge in [0.1, 0.15) is 23.7 Å². The number of H-pyrrole nitrogens is 2. The summed E-state index contributed by atoms with van der Waals surface area (Å²) in [6.07, 6.45) is 1.81. The molecule has 0 fully saturated rings. The van der Waals surface area contributed by atoms with Gasteiger partial charge in [0.2, 0.25) is 0 Å². The van der Waals surface area contributed by atoms with Crippen LogP contribution < -0.4 is 15.4 Å². The zero-order valence-electron chi connectivity index (χ0n) is 20.6. The van der Waals surface area contributed by atoms with Gasteiger partial charge in [-0.05, 0) is 57.5 Å². The van der Waals surface area contributed by atoms with Crippen LogP contribution in [0.4, 0.5) is 4.79 Å². The van der Waals surface area contributed by atoms with E-state index in [4.69, 9.17) is 9.47 Å². The monoisotopic (exact) mass is 490 g/mol. The zero-order valence-corrected chi connectivity index (χ0v) is 20.6. The smallest absolute Gasteiger partial charge is 0.407 e. The summed E-state index contributed by atoms with van der Waals surface area (Å²) in [4.78, 5) is 32.0. The fraction of sp³-hybridized carbons (Fsp3) is 0.308. The van der Waals surface area contributed by atoms with Gasteiger partial charge in [0, 0.05) is 24.0 Å². The highest BCUT2D eigenvalue weighted by Crippen LogP contribution is 2.25. The number of rotatable bonds is 9. The molecule has 0 saturated heterocycles. The van der Waals surface area contributed by atoms with Crippen LogP contribution in [-0.2, 0) is 11.3 Å². The minimum absolute atomic E-state index is 0.210. The lowest BCUT2D eigenvalue weighted by atomic mass is 10.1. The van der Waals surface area contributed by atoms with Crippen LogP contribution in [0, 0.1) is 0 Å². The Hall–Kier alpha value is -4.34. The van der Waals surface area contributed by atoms with Crippen molar-refractivity contribution < 1.29 is 19.1 Å². The van der Waals surface area contributed by atoms with Crippen LogP contribution in [0.15, 0.2) is 54.7 Å². The first-order valence-electron chi connectivity index (χ1n) is 11.7. The number of hydrogen-bond acceptors (Lipinski definition) is 6. The molecule has 2 aromatic heterocycles. The molecule has 0 aliphatic heterocycles. The first-order chi connectivity index (χ1) is 17.3. The van der Waals surface area contributed by atoms with Crippen molar-refractivity contribution in [3.05, 3.63) is 66.0 Å². The summed E-state index contributed by atoms with van der Waals surface area (Å²) >= 11 is 0. The fourth-order valence-electron chi connectivity index (χ4n) is 3.46. The number of alkyl carbamates (subject to hydrolysis) is 1. The van der Waals surface area contributed by atoms with Crippen molar-refractivity contribution in [1.82, 2.24) is 30.8 Å². The lowest BCUT2D eigenvalue weighted by molar-refractivity contribution is 0.0527. The maximum Gasteiger partial charge on any atom is 0.407 e. The lowest BCUT2D eigenvalue weighted by Gasteiger charge is -2.19. The molecule has 10 nitrogen and oxygen atoms in total. The van der Waals surface area contributed by atoms with E-state index < -0.39 is 11.7 Å². The van der Waals surface area contributed by atoms with Crippen molar-refractivity contribution >= 4 is 22.9 Å². The molecule has 0 saturated carbocycles. The number of nitrogens with zero attached hydrogens (tertiary/aromatic N) is 2. The Labute approximate surface area is 208 Å². The molecule has 4 N–H and O–H groups in total. The minimum Gasteiger partial charge on any atom is -0.487 e. The molecular weight excluding hydrogens is 460 g/mol. The summed E-state index contributed by atoms with van der Waals surface area (Å²) in [6, 6.07) is 14.9. The normalized spacial score (nSPS) is 11.3. The maximum atomic E-state index is 12.7. The average molecular weight is 491 g/mol. The van der Waals surface area contributed by atoms with Crippen molar-refractivity contribution in [2.45, 2.75) is 39.4 Å². The number of nitrogens with one attached hydrogen (secondary N) is 4. The predicted molar refractivity (Wildman–Crippen MR) is 136 cm³/mol. The van der Waals surface area contributed by atoms with E-state index in [-0.39, 0.29) is 5.91 Å². The molecule has 10 heteroatoms. The van der Waals surface area contributed by atoms with Gasteiger partial charge in [-0.25, -0.2) is 9.78 Å². The van der Waals surface area contributed by atoms with E-state index in [1.165, 1.54) is 0 Å². The number of para-hydroxylation sites is 1. The summed E-state index contributed by atoms with van der Waals surface area (Å²) in [7, 11) is 0. The second-order valence-corrected chi connectivity index (χ2v) is 9.23. The topological polar surface area (TPSA) is 134 Å². The van der Waals surface area contributed by atoms with Crippen molar-refractivity contribution in [1.29, 1.82) is 0 Å². The summed E-state index contributed by atoms with van der Waals surface area (Å²) in [5.41, 5.74) is 2.17. The zero-order chi connectivity index (χ0) is 25.5. The third kappa shape index (κ3) is 6.62. The van der Waals surface area contributed by atoms with Crippen LogP contribution in [0.2, 0.25) is 0 Å². The quantitative estimate of drug-likeness (QED) is 0.260. The molecule has 0 spiro atoms. The molecule has 0 unspecified atom stereocenters. The molecule has 4 rings (SSSR count). The summed E-state index contributed by atoms with van der Waals surface area (Å²) in [6.45, 7) is 6.57. The van der Waals surface area contributed by atoms with E-state index >= 15 is 0 Å². The maximum absolute atomic E-state index is 12.7. The molecule has 188 valence electrons. The number of ether oxygens (including phenoxy) is 2. The summed E-state index contributed by atoms with van der Waals surface area (Å²) in [5.74, 6) is 1.14. The van der Waals surface area contributed by atoms with Gasteiger partial charge in [0.05, 0.1) is 17.4 Å². The number of carbonyl (C=O) groups is 2. The van der Waals surface area contributed by atoms with Crippen LogP contribution >= 0.6 is 0 Å². The van der Waals surface area contributed by atoms with Gasteiger partial charge >= 0.3 is 6.09 Å². The highest BCUT2D eigenvalue weighted by Gasteiger charge is 2.16. The standard InChI is InChI=1S/C26H30N6O4/c1-26(2,3)36-25(34)28-13-7-12-27-24(33)17-10-11-21-20(14-17)22(32-31-21)23-29-15-18(30-23)16-35-19-8-5-4-6-9-19/h4-6,8-11,14-15H,7,12-13,16H2,1-3H3,(H,27,33)(H,28,34)(H,29,30)(H,31,32). The number of aromatic nitrogens is 4. The number of aromatic amines is 2. The van der Waals surface area contributed by atoms with Gasteiger partial charge in [-0.1, -0.05) is 18.2 Å². The molecule has 2 amide bonds. The highest BCUT2D eigenvalue weighted by atomic mass is 16.6. The van der Waals surface area contributed by atoms with Crippen LogP contribution in [0.3, 0.4) is 0 Å². The molecule has 0 radical (unpaired) electrons. The number of benzene rings is 2. The van der Waals surface area contributed by atoms with Crippen molar-refractivity contribution in [3.8, 4) is 17.3 Å². The van der Waals surface area contributed by atoms with Gasteiger partial charge in [0.25, 0.3) is 5.91 Å². The van der Waals surface area contributed by atoms with Gasteiger partial charge in [-0.3, -0.25) is 9.89 Å². The van der Waals surface area contributed by atoms with Crippen LogP contribution in [0.5, 0.6) is 5.75 Å². The van der Waals surface area contributed by atoms with Crippen molar-refractivity contribution in [2.75, 3.05) is 13.1 Å². The van der Waals surface area contributed by atoms with Crippen molar-refractivity contribution in [3.63, 3.8) is 0 Å². The predicted octanol–water partition coefficient (Wildman–Crippen LogP) is 4.18. The molecular formula is C26H30N6O4.